The van der Waals surface area contributed by atoms with Gasteiger partial charge in [-0.3, -0.25) is 0 Å². The minimum Gasteiger partial charge on any atom is -0.506 e. The molecule has 0 aliphatic carbocycles. The molecule has 0 aliphatic rings. The van der Waals surface area contributed by atoms with Gasteiger partial charge in [0, 0.05) is 11.5 Å². The lowest BCUT2D eigenvalue weighted by molar-refractivity contribution is 0.478. The molecule has 0 aromatic heterocycles. The van der Waals surface area contributed by atoms with Crippen LogP contribution in [-0.4, -0.2) is 5.11 Å². The number of aromatic hydroxyl groups is 1. The summed E-state index contributed by atoms with van der Waals surface area (Å²) in [6.07, 6.45) is 0. The Morgan fingerprint density at radius 3 is 2.75 bits per heavy atom. The Balaban J connectivity index is 3.07. The van der Waals surface area contributed by atoms with Gasteiger partial charge in [-0.05, 0) is 18.2 Å². The highest BCUT2D eigenvalue weighted by Crippen LogP contribution is 2.19. The van der Waals surface area contributed by atoms with Crippen LogP contribution in [0.25, 0.3) is 0 Å². The van der Waals surface area contributed by atoms with E-state index in [0.29, 0.717) is 5.56 Å². The predicted molar refractivity (Wildman–Crippen MR) is 45.0 cm³/mol. The van der Waals surface area contributed by atoms with E-state index in [0.717, 1.165) is 0 Å². The Morgan fingerprint density at radius 1 is 1.42 bits per heavy atom. The maximum absolute atomic E-state index is 9.03. The normalized spacial score (nSPS) is 7.92. The molecule has 0 saturated heterocycles. The van der Waals surface area contributed by atoms with E-state index in [1.54, 1.807) is 12.1 Å². The molecule has 1 rings (SSSR count). The molecule has 1 aromatic carbocycles. The molecule has 0 atom stereocenters. The SMILES string of the molecule is N#CC#Cc1ccc(O)c(N)c1. The molecule has 0 saturated carbocycles. The maximum atomic E-state index is 9.03. The summed E-state index contributed by atoms with van der Waals surface area (Å²) in [6, 6.07) is 6.23. The monoisotopic (exact) mass is 158 g/mol. The van der Waals surface area contributed by atoms with Gasteiger partial charge < -0.3 is 10.8 Å². The Morgan fingerprint density at radius 2 is 2.17 bits per heavy atom. The highest BCUT2D eigenvalue weighted by molar-refractivity contribution is 5.56. The van der Waals surface area contributed by atoms with Gasteiger partial charge in [0.25, 0.3) is 0 Å². The van der Waals surface area contributed by atoms with Crippen molar-refractivity contribution in [1.82, 2.24) is 0 Å². The van der Waals surface area contributed by atoms with Crippen molar-refractivity contribution in [2.45, 2.75) is 0 Å². The summed E-state index contributed by atoms with van der Waals surface area (Å²) >= 11 is 0. The van der Waals surface area contributed by atoms with Crippen LogP contribution in [-0.2, 0) is 0 Å². The molecule has 0 spiro atoms. The molecular weight excluding hydrogens is 152 g/mol. The molecule has 0 unspecified atom stereocenters. The summed E-state index contributed by atoms with van der Waals surface area (Å²) in [7, 11) is 0. The third-order valence-corrected chi connectivity index (χ3v) is 1.29. The number of anilines is 1. The third-order valence-electron chi connectivity index (χ3n) is 1.29. The van der Waals surface area contributed by atoms with E-state index in [-0.39, 0.29) is 11.4 Å². The fourth-order valence-electron chi connectivity index (χ4n) is 0.732. The molecule has 0 heterocycles. The van der Waals surface area contributed by atoms with Crippen molar-refractivity contribution in [2.24, 2.45) is 0 Å². The zero-order valence-electron chi connectivity index (χ0n) is 6.20. The third kappa shape index (κ3) is 1.68. The molecule has 58 valence electrons. The van der Waals surface area contributed by atoms with Gasteiger partial charge in [0.15, 0.2) is 6.07 Å². The summed E-state index contributed by atoms with van der Waals surface area (Å²) in [4.78, 5) is 0. The summed E-state index contributed by atoms with van der Waals surface area (Å²) in [5.74, 6) is 4.82. The second kappa shape index (κ2) is 3.32. The molecule has 1 aromatic rings. The summed E-state index contributed by atoms with van der Waals surface area (Å²) in [6.45, 7) is 0. The van der Waals surface area contributed by atoms with Crippen LogP contribution < -0.4 is 5.73 Å². The molecule has 12 heavy (non-hydrogen) atoms. The number of rotatable bonds is 0. The molecular formula is C9H6N2O. The Labute approximate surface area is 70.1 Å². The number of hydrogen-bond donors (Lipinski definition) is 2. The molecule has 0 amide bonds. The van der Waals surface area contributed by atoms with Crippen LogP contribution in [0.1, 0.15) is 5.56 Å². The highest BCUT2D eigenvalue weighted by atomic mass is 16.3. The maximum Gasteiger partial charge on any atom is 0.152 e. The van der Waals surface area contributed by atoms with Crippen LogP contribution >= 0.6 is 0 Å². The van der Waals surface area contributed by atoms with E-state index in [1.165, 1.54) is 12.1 Å². The second-order valence-electron chi connectivity index (χ2n) is 2.14. The molecule has 3 N–H and O–H groups in total. The minimum atomic E-state index is 0.0255. The largest absolute Gasteiger partial charge is 0.506 e. The molecule has 0 fully saturated rings. The first kappa shape index (κ1) is 7.97. The summed E-state index contributed by atoms with van der Waals surface area (Å²) in [5.41, 5.74) is 6.27. The van der Waals surface area contributed by atoms with E-state index in [9.17, 15) is 0 Å². The van der Waals surface area contributed by atoms with Gasteiger partial charge in [-0.2, -0.15) is 5.26 Å². The fourth-order valence-corrected chi connectivity index (χ4v) is 0.732. The van der Waals surface area contributed by atoms with Crippen molar-refractivity contribution in [3.63, 3.8) is 0 Å². The number of nitrogen functional groups attached to an aromatic ring is 1. The standard InChI is InChI=1S/C9H6N2O/c10-5-1-2-7-3-4-9(12)8(11)6-7/h3-4,6,12H,11H2. The lowest BCUT2D eigenvalue weighted by Gasteiger charge is -1.96. The fraction of sp³-hybridized carbons (Fsp3) is 0. The first-order chi connectivity index (χ1) is 5.74. The van der Waals surface area contributed by atoms with Crippen LogP contribution in [0.4, 0.5) is 5.69 Å². The number of phenolic OH excluding ortho intramolecular Hbond substituents is 1. The lowest BCUT2D eigenvalue weighted by atomic mass is 10.2. The smallest absolute Gasteiger partial charge is 0.152 e. The first-order valence-electron chi connectivity index (χ1n) is 3.22. The van der Waals surface area contributed by atoms with Gasteiger partial charge in [-0.15, -0.1) is 0 Å². The van der Waals surface area contributed by atoms with Crippen molar-refractivity contribution >= 4 is 5.69 Å². The van der Waals surface area contributed by atoms with Crippen LogP contribution in [0.2, 0.25) is 0 Å². The lowest BCUT2D eigenvalue weighted by Crippen LogP contribution is -1.86. The topological polar surface area (TPSA) is 70.0 Å². The molecule has 0 bridgehead atoms. The van der Waals surface area contributed by atoms with Crippen LogP contribution in [0.5, 0.6) is 5.75 Å². The zero-order valence-corrected chi connectivity index (χ0v) is 6.20. The van der Waals surface area contributed by atoms with Crippen molar-refractivity contribution in [2.75, 3.05) is 5.73 Å². The average Bonchev–Trinajstić information content (AvgIpc) is 2.07. The highest BCUT2D eigenvalue weighted by Gasteiger charge is 1.94. The molecule has 0 radical (unpaired) electrons. The molecule has 0 aliphatic heterocycles. The van der Waals surface area contributed by atoms with Gasteiger partial charge in [-0.25, -0.2) is 0 Å². The number of nitriles is 1. The average molecular weight is 158 g/mol. The van der Waals surface area contributed by atoms with Crippen LogP contribution in [0.3, 0.4) is 0 Å². The van der Waals surface area contributed by atoms with E-state index in [4.69, 9.17) is 16.1 Å². The number of hydrogen-bond acceptors (Lipinski definition) is 3. The molecule has 3 heteroatoms. The van der Waals surface area contributed by atoms with Crippen LogP contribution in [0.15, 0.2) is 18.2 Å². The first-order valence-corrected chi connectivity index (χ1v) is 3.22. The van der Waals surface area contributed by atoms with E-state index < -0.39 is 0 Å². The molecule has 3 nitrogen and oxygen atoms in total. The summed E-state index contributed by atoms with van der Waals surface area (Å²) in [5, 5.41) is 17.2. The van der Waals surface area contributed by atoms with Crippen molar-refractivity contribution in [3.8, 4) is 23.7 Å². The van der Waals surface area contributed by atoms with Gasteiger partial charge in [-0.1, -0.05) is 5.92 Å². The van der Waals surface area contributed by atoms with E-state index in [1.807, 2.05) is 0 Å². The predicted octanol–water partition coefficient (Wildman–Crippen LogP) is 0.849. The van der Waals surface area contributed by atoms with Crippen molar-refractivity contribution < 1.29 is 5.11 Å². The second-order valence-corrected chi connectivity index (χ2v) is 2.14. The Bertz CT molecular complexity index is 393. The van der Waals surface area contributed by atoms with Crippen molar-refractivity contribution in [1.29, 1.82) is 5.26 Å². The quantitative estimate of drug-likeness (QED) is 0.334. The van der Waals surface area contributed by atoms with Gasteiger partial charge in [0.2, 0.25) is 0 Å². The number of phenols is 1. The Kier molecular flexibility index (Phi) is 2.20. The summed E-state index contributed by atoms with van der Waals surface area (Å²) < 4.78 is 0. The zero-order chi connectivity index (χ0) is 8.97. The van der Waals surface area contributed by atoms with Gasteiger partial charge in [0.05, 0.1) is 5.69 Å². The van der Waals surface area contributed by atoms with Gasteiger partial charge in [0.1, 0.15) is 5.75 Å². The number of benzene rings is 1. The van der Waals surface area contributed by atoms with Crippen molar-refractivity contribution in [3.05, 3.63) is 23.8 Å². The van der Waals surface area contributed by atoms with Gasteiger partial charge >= 0.3 is 0 Å². The van der Waals surface area contributed by atoms with E-state index in [2.05, 4.69) is 11.8 Å². The van der Waals surface area contributed by atoms with Crippen LogP contribution in [0, 0.1) is 23.2 Å². The number of nitrogens with two attached hydrogens (primary N) is 1. The Hall–Kier alpha value is -2.13. The number of nitrogens with zero attached hydrogens (tertiary/aromatic N) is 1. The minimum absolute atomic E-state index is 0.0255. The van der Waals surface area contributed by atoms with E-state index >= 15 is 0 Å².